The molecule has 0 amide bonds. The number of nitrogens with two attached hydrogens (primary N) is 1. The van der Waals surface area contributed by atoms with Gasteiger partial charge in [-0.3, -0.25) is 0 Å². The Kier molecular flexibility index (Phi) is 4.39. The van der Waals surface area contributed by atoms with Gasteiger partial charge in [-0.25, -0.2) is 0 Å². The van der Waals surface area contributed by atoms with Gasteiger partial charge >= 0.3 is 0 Å². The van der Waals surface area contributed by atoms with Gasteiger partial charge in [-0.05, 0) is 36.6 Å². The molecular formula is C11H16ClNO2. The molecule has 1 rings (SSSR count). The number of aliphatic hydroxyl groups excluding tert-OH is 1. The van der Waals surface area contributed by atoms with E-state index >= 15 is 0 Å². The predicted molar refractivity (Wildman–Crippen MR) is 61.4 cm³/mol. The fourth-order valence-corrected chi connectivity index (χ4v) is 1.69. The molecule has 0 aromatic heterocycles. The van der Waals surface area contributed by atoms with Crippen LogP contribution in [0.4, 0.5) is 0 Å². The summed E-state index contributed by atoms with van der Waals surface area (Å²) in [4.78, 5) is 0. The van der Waals surface area contributed by atoms with Gasteiger partial charge in [-0.1, -0.05) is 11.6 Å². The first-order chi connectivity index (χ1) is 7.10. The van der Waals surface area contributed by atoms with Gasteiger partial charge in [-0.2, -0.15) is 0 Å². The fraction of sp³-hybridized carbons (Fsp3) is 0.455. The number of hydrogen-bond donors (Lipinski definition) is 2. The first-order valence-corrected chi connectivity index (χ1v) is 5.18. The van der Waals surface area contributed by atoms with Crippen molar-refractivity contribution in [3.8, 4) is 5.75 Å². The maximum absolute atomic E-state index is 8.84. The van der Waals surface area contributed by atoms with E-state index < -0.39 is 0 Å². The second-order valence-corrected chi connectivity index (χ2v) is 3.85. The van der Waals surface area contributed by atoms with Crippen LogP contribution in [-0.2, 0) is 0 Å². The van der Waals surface area contributed by atoms with E-state index in [0.29, 0.717) is 17.2 Å². The van der Waals surface area contributed by atoms with Crippen molar-refractivity contribution in [3.05, 3.63) is 28.3 Å². The largest absolute Gasteiger partial charge is 0.497 e. The lowest BCUT2D eigenvalue weighted by atomic mass is 9.99. The molecule has 0 spiro atoms. The molecule has 3 N–H and O–H groups in total. The van der Waals surface area contributed by atoms with E-state index in [9.17, 15) is 0 Å². The number of rotatable bonds is 4. The van der Waals surface area contributed by atoms with Crippen LogP contribution in [0.3, 0.4) is 0 Å². The molecule has 0 bridgehead atoms. The van der Waals surface area contributed by atoms with Crippen molar-refractivity contribution in [1.29, 1.82) is 0 Å². The van der Waals surface area contributed by atoms with E-state index in [1.165, 1.54) is 0 Å². The van der Waals surface area contributed by atoms with Crippen LogP contribution in [0.1, 0.15) is 23.6 Å². The third-order valence-corrected chi connectivity index (χ3v) is 2.83. The van der Waals surface area contributed by atoms with Crippen LogP contribution >= 0.6 is 11.6 Å². The Morgan fingerprint density at radius 2 is 2.20 bits per heavy atom. The minimum atomic E-state index is -0.206. The molecule has 1 unspecified atom stereocenters. The molecule has 1 atom stereocenters. The Bertz CT molecular complexity index is 342. The lowest BCUT2D eigenvalue weighted by Crippen LogP contribution is -2.13. The van der Waals surface area contributed by atoms with Crippen molar-refractivity contribution >= 4 is 11.6 Å². The summed E-state index contributed by atoms with van der Waals surface area (Å²) in [5.41, 5.74) is 7.79. The minimum Gasteiger partial charge on any atom is -0.497 e. The number of hydrogen-bond acceptors (Lipinski definition) is 3. The quantitative estimate of drug-likeness (QED) is 0.831. The summed E-state index contributed by atoms with van der Waals surface area (Å²) in [5.74, 6) is 0.689. The van der Waals surface area contributed by atoms with Crippen molar-refractivity contribution in [1.82, 2.24) is 0 Å². The molecule has 0 saturated heterocycles. The highest BCUT2D eigenvalue weighted by molar-refractivity contribution is 6.31. The molecule has 0 aliphatic carbocycles. The predicted octanol–water partition coefficient (Wildman–Crippen LogP) is 2.04. The molecule has 1 aromatic rings. The Morgan fingerprint density at radius 3 is 2.73 bits per heavy atom. The van der Waals surface area contributed by atoms with E-state index in [0.717, 1.165) is 11.1 Å². The molecule has 4 heteroatoms. The first-order valence-electron chi connectivity index (χ1n) is 4.80. The molecule has 0 saturated carbocycles. The molecule has 84 valence electrons. The second kappa shape index (κ2) is 5.35. The standard InChI is InChI=1S/C11H16ClNO2/c1-7-9(11(13)3-4-14)5-8(15-2)6-10(7)12/h5-6,11,14H,3-4,13H2,1-2H3. The smallest absolute Gasteiger partial charge is 0.120 e. The topological polar surface area (TPSA) is 55.5 Å². The van der Waals surface area contributed by atoms with Crippen LogP contribution < -0.4 is 10.5 Å². The van der Waals surface area contributed by atoms with Gasteiger partial charge < -0.3 is 15.6 Å². The fourth-order valence-electron chi connectivity index (χ4n) is 1.47. The highest BCUT2D eigenvalue weighted by atomic mass is 35.5. The SMILES string of the molecule is COc1cc(Cl)c(C)c(C(N)CCO)c1. The van der Waals surface area contributed by atoms with Gasteiger partial charge in [0, 0.05) is 17.7 Å². The summed E-state index contributed by atoms with van der Waals surface area (Å²) in [7, 11) is 1.59. The van der Waals surface area contributed by atoms with Gasteiger partial charge in [0.1, 0.15) is 5.75 Å². The van der Waals surface area contributed by atoms with E-state index in [1.807, 2.05) is 13.0 Å². The molecule has 0 aliphatic rings. The average molecular weight is 230 g/mol. The van der Waals surface area contributed by atoms with Gasteiger partial charge in [0.25, 0.3) is 0 Å². The molecule has 0 fully saturated rings. The summed E-state index contributed by atoms with van der Waals surface area (Å²) < 4.78 is 5.12. The zero-order valence-electron chi connectivity index (χ0n) is 8.96. The van der Waals surface area contributed by atoms with Crippen LogP contribution in [0.25, 0.3) is 0 Å². The zero-order valence-corrected chi connectivity index (χ0v) is 9.71. The number of benzene rings is 1. The van der Waals surface area contributed by atoms with Gasteiger partial charge in [0.2, 0.25) is 0 Å². The molecule has 0 radical (unpaired) electrons. The summed E-state index contributed by atoms with van der Waals surface area (Å²) >= 11 is 6.04. The number of methoxy groups -OCH3 is 1. The van der Waals surface area contributed by atoms with E-state index in [-0.39, 0.29) is 12.6 Å². The highest BCUT2D eigenvalue weighted by Crippen LogP contribution is 2.29. The Balaban J connectivity index is 3.09. The normalized spacial score (nSPS) is 12.6. The van der Waals surface area contributed by atoms with E-state index in [2.05, 4.69) is 0 Å². The molecule has 3 nitrogen and oxygen atoms in total. The molecule has 15 heavy (non-hydrogen) atoms. The van der Waals surface area contributed by atoms with Crippen LogP contribution in [0.5, 0.6) is 5.75 Å². The highest BCUT2D eigenvalue weighted by Gasteiger charge is 2.12. The summed E-state index contributed by atoms with van der Waals surface area (Å²) in [6.45, 7) is 1.98. The van der Waals surface area contributed by atoms with Crippen molar-refractivity contribution in [2.24, 2.45) is 5.73 Å². The van der Waals surface area contributed by atoms with Gasteiger partial charge in [0.15, 0.2) is 0 Å². The van der Waals surface area contributed by atoms with Crippen LogP contribution in [0.15, 0.2) is 12.1 Å². The van der Waals surface area contributed by atoms with Crippen molar-refractivity contribution in [2.75, 3.05) is 13.7 Å². The second-order valence-electron chi connectivity index (χ2n) is 3.44. The molecule has 1 aromatic carbocycles. The average Bonchev–Trinajstić information content (AvgIpc) is 2.22. The summed E-state index contributed by atoms with van der Waals surface area (Å²) in [5, 5.41) is 9.48. The number of halogens is 1. The monoisotopic (exact) mass is 229 g/mol. The Morgan fingerprint density at radius 1 is 1.53 bits per heavy atom. The van der Waals surface area contributed by atoms with Crippen molar-refractivity contribution < 1.29 is 9.84 Å². The summed E-state index contributed by atoms with van der Waals surface area (Å²) in [6, 6.07) is 3.41. The van der Waals surface area contributed by atoms with Gasteiger partial charge in [-0.15, -0.1) is 0 Å². The molecular weight excluding hydrogens is 214 g/mol. The Hall–Kier alpha value is -0.770. The first kappa shape index (κ1) is 12.3. The zero-order chi connectivity index (χ0) is 11.4. The van der Waals surface area contributed by atoms with Crippen LogP contribution in [0.2, 0.25) is 5.02 Å². The van der Waals surface area contributed by atoms with Crippen LogP contribution in [0, 0.1) is 6.92 Å². The molecule has 0 aliphatic heterocycles. The maximum atomic E-state index is 8.84. The third-order valence-electron chi connectivity index (χ3n) is 2.43. The van der Waals surface area contributed by atoms with Crippen LogP contribution in [-0.4, -0.2) is 18.8 Å². The van der Waals surface area contributed by atoms with E-state index in [4.69, 9.17) is 27.2 Å². The van der Waals surface area contributed by atoms with Gasteiger partial charge in [0.05, 0.1) is 7.11 Å². The maximum Gasteiger partial charge on any atom is 0.120 e. The third kappa shape index (κ3) is 2.84. The minimum absolute atomic E-state index is 0.0649. The number of aliphatic hydroxyl groups is 1. The van der Waals surface area contributed by atoms with Crippen molar-refractivity contribution in [3.63, 3.8) is 0 Å². The van der Waals surface area contributed by atoms with E-state index in [1.54, 1.807) is 13.2 Å². The number of ether oxygens (including phenoxy) is 1. The lowest BCUT2D eigenvalue weighted by Gasteiger charge is -2.16. The van der Waals surface area contributed by atoms with Crippen molar-refractivity contribution in [2.45, 2.75) is 19.4 Å². The molecule has 0 heterocycles. The summed E-state index contributed by atoms with van der Waals surface area (Å²) in [6.07, 6.45) is 0.518. The Labute approximate surface area is 94.8 Å². The lowest BCUT2D eigenvalue weighted by molar-refractivity contribution is 0.276.